The highest BCUT2D eigenvalue weighted by molar-refractivity contribution is 7.33. The average molecular weight is 807 g/mol. The molecular formula is C57H51BN2S. The van der Waals surface area contributed by atoms with E-state index in [1.807, 2.05) is 11.3 Å². The van der Waals surface area contributed by atoms with Crippen LogP contribution >= 0.6 is 11.3 Å². The number of aromatic nitrogens is 1. The molecule has 6 aromatic carbocycles. The zero-order valence-corrected chi connectivity index (χ0v) is 37.4. The zero-order valence-electron chi connectivity index (χ0n) is 36.6. The van der Waals surface area contributed by atoms with Gasteiger partial charge in [0.15, 0.2) is 0 Å². The van der Waals surface area contributed by atoms with Crippen LogP contribution in [0, 0.1) is 0 Å². The van der Waals surface area contributed by atoms with E-state index in [2.05, 4.69) is 204 Å². The van der Waals surface area contributed by atoms with Gasteiger partial charge in [-0.1, -0.05) is 159 Å². The van der Waals surface area contributed by atoms with Gasteiger partial charge in [0, 0.05) is 48.3 Å². The van der Waals surface area contributed by atoms with Gasteiger partial charge in [-0.2, -0.15) is 0 Å². The van der Waals surface area contributed by atoms with E-state index in [4.69, 9.17) is 0 Å². The second kappa shape index (κ2) is 12.6. The Morgan fingerprint density at radius 3 is 2.13 bits per heavy atom. The molecule has 12 rings (SSSR count). The van der Waals surface area contributed by atoms with Crippen molar-refractivity contribution in [3.63, 3.8) is 0 Å². The number of benzene rings is 6. The third-order valence-electron chi connectivity index (χ3n) is 14.4. The van der Waals surface area contributed by atoms with Crippen LogP contribution in [0.5, 0.6) is 0 Å². The molecule has 8 aromatic rings. The molecule has 0 fully saturated rings. The fourth-order valence-corrected chi connectivity index (χ4v) is 12.6. The maximum atomic E-state index is 2.69. The Morgan fingerprint density at radius 1 is 0.672 bits per heavy atom. The van der Waals surface area contributed by atoms with Gasteiger partial charge >= 0.3 is 0 Å². The number of hydrogen-bond acceptors (Lipinski definition) is 2. The van der Waals surface area contributed by atoms with Crippen LogP contribution in [-0.4, -0.2) is 11.3 Å². The first kappa shape index (κ1) is 37.0. The SMILES string of the molecule is CC(C)(C)c1ccc(N2c3ccc4c(-c5ccccc5)c(C5=CC=CCC5)n5c4c3B(c3cc(C(C)(C)C)ccc3-5)c3sc4cc5c(cc4c32)-c2ccccc2C5(C)C)cc1. The molecule has 2 nitrogen and oxygen atoms in total. The van der Waals surface area contributed by atoms with Crippen LogP contribution in [0.15, 0.2) is 140 Å². The first-order valence-electron chi connectivity index (χ1n) is 22.2. The van der Waals surface area contributed by atoms with Crippen molar-refractivity contribution in [2.75, 3.05) is 4.90 Å². The molecule has 0 radical (unpaired) electrons. The Kier molecular flexibility index (Phi) is 7.65. The van der Waals surface area contributed by atoms with Gasteiger partial charge in [0.2, 0.25) is 0 Å². The van der Waals surface area contributed by atoms with Gasteiger partial charge < -0.3 is 9.47 Å². The number of anilines is 3. The van der Waals surface area contributed by atoms with E-state index in [1.165, 1.54) is 115 Å². The number of thiophene rings is 1. The molecule has 61 heavy (non-hydrogen) atoms. The van der Waals surface area contributed by atoms with E-state index in [1.54, 1.807) is 0 Å². The number of nitrogens with zero attached hydrogens (tertiary/aromatic N) is 2. The van der Waals surface area contributed by atoms with Crippen molar-refractivity contribution in [2.45, 2.75) is 84.5 Å². The summed E-state index contributed by atoms with van der Waals surface area (Å²) in [6.45, 7) is 18.9. The van der Waals surface area contributed by atoms with Gasteiger partial charge in [-0.15, -0.1) is 11.3 Å². The predicted molar refractivity (Wildman–Crippen MR) is 265 cm³/mol. The van der Waals surface area contributed by atoms with Gasteiger partial charge in [-0.05, 0) is 116 Å². The lowest BCUT2D eigenvalue weighted by Gasteiger charge is -2.39. The maximum Gasteiger partial charge on any atom is 0.264 e. The van der Waals surface area contributed by atoms with Crippen LogP contribution in [0.2, 0.25) is 0 Å². The Labute approximate surface area is 365 Å². The summed E-state index contributed by atoms with van der Waals surface area (Å²) in [6.07, 6.45) is 9.03. The van der Waals surface area contributed by atoms with Crippen LogP contribution < -0.4 is 20.6 Å². The second-order valence-corrected chi connectivity index (χ2v) is 21.5. The summed E-state index contributed by atoms with van der Waals surface area (Å²) < 4.78 is 5.49. The van der Waals surface area contributed by atoms with Crippen molar-refractivity contribution in [2.24, 2.45) is 0 Å². The molecule has 0 N–H and O–H groups in total. The lowest BCUT2D eigenvalue weighted by Crippen LogP contribution is -2.59. The fourth-order valence-electron chi connectivity index (χ4n) is 11.2. The van der Waals surface area contributed by atoms with E-state index in [0.717, 1.165) is 12.8 Å². The van der Waals surface area contributed by atoms with Gasteiger partial charge in [-0.3, -0.25) is 0 Å². The first-order chi connectivity index (χ1) is 29.3. The lowest BCUT2D eigenvalue weighted by molar-refractivity contribution is 0.590. The van der Waals surface area contributed by atoms with Crippen LogP contribution in [0.25, 0.3) is 54.5 Å². The fraction of sp³-hybridized carbons (Fsp3) is 0.228. The highest BCUT2D eigenvalue weighted by Crippen LogP contribution is 2.54. The van der Waals surface area contributed by atoms with Crippen LogP contribution in [0.3, 0.4) is 0 Å². The van der Waals surface area contributed by atoms with Crippen molar-refractivity contribution in [1.29, 1.82) is 0 Å². The molecule has 0 spiro atoms. The third kappa shape index (κ3) is 5.15. The molecule has 4 heteroatoms. The Balaban J connectivity index is 1.24. The summed E-state index contributed by atoms with van der Waals surface area (Å²) in [7, 11) is 0. The topological polar surface area (TPSA) is 8.17 Å². The molecule has 298 valence electrons. The minimum atomic E-state index is -0.0741. The summed E-state index contributed by atoms with van der Waals surface area (Å²) in [5.74, 6) is 0. The highest BCUT2D eigenvalue weighted by atomic mass is 32.1. The van der Waals surface area contributed by atoms with Gasteiger partial charge in [-0.25, -0.2) is 0 Å². The van der Waals surface area contributed by atoms with Crippen molar-refractivity contribution in [3.8, 4) is 27.9 Å². The highest BCUT2D eigenvalue weighted by Gasteiger charge is 2.46. The molecule has 2 aliphatic heterocycles. The van der Waals surface area contributed by atoms with E-state index < -0.39 is 0 Å². The minimum absolute atomic E-state index is 0.00612. The van der Waals surface area contributed by atoms with E-state index in [-0.39, 0.29) is 23.0 Å². The molecule has 0 saturated carbocycles. The largest absolute Gasteiger partial charge is 0.310 e. The predicted octanol–water partition coefficient (Wildman–Crippen LogP) is 13.8. The third-order valence-corrected chi connectivity index (χ3v) is 15.6. The molecule has 0 atom stereocenters. The number of allylic oxidation sites excluding steroid dienone is 4. The summed E-state index contributed by atoms with van der Waals surface area (Å²) in [5.41, 5.74) is 22.9. The summed E-state index contributed by atoms with van der Waals surface area (Å²) in [5, 5.41) is 2.67. The molecule has 4 heterocycles. The van der Waals surface area contributed by atoms with Crippen molar-refractivity contribution >= 4 is 77.4 Å². The quantitative estimate of drug-likeness (QED) is 0.162. The summed E-state index contributed by atoms with van der Waals surface area (Å²) in [4.78, 5) is 2.64. The van der Waals surface area contributed by atoms with Crippen LogP contribution in [0.1, 0.15) is 96.2 Å². The Morgan fingerprint density at radius 2 is 1.39 bits per heavy atom. The molecule has 0 amide bonds. The zero-order chi connectivity index (χ0) is 41.7. The normalized spacial score (nSPS) is 15.8. The van der Waals surface area contributed by atoms with Crippen molar-refractivity contribution in [1.82, 2.24) is 4.57 Å². The van der Waals surface area contributed by atoms with Crippen LogP contribution in [-0.2, 0) is 16.2 Å². The smallest absolute Gasteiger partial charge is 0.264 e. The van der Waals surface area contributed by atoms with Crippen molar-refractivity contribution in [3.05, 3.63) is 168 Å². The number of rotatable bonds is 3. The molecule has 2 aliphatic carbocycles. The maximum absolute atomic E-state index is 2.69. The standard InChI is InChI=1S/C57H51BN2S/c1-55(2,3)36-23-26-38(27-24-36)59-47-30-28-40-49(34-17-11-9-12-18-34)51(35-19-13-10-14-20-35)60-46-29-25-37(56(4,5)6)31-45(46)58(50(47)52(40)60)54-53(59)42-32-41-39-21-15-16-22-43(39)57(7,8)44(41)33-48(42)61-54/h9-13,15-19,21-33H,14,20H2,1-8H3. The van der Waals surface area contributed by atoms with Gasteiger partial charge in [0.1, 0.15) is 0 Å². The Hall–Kier alpha value is -5.84. The summed E-state index contributed by atoms with van der Waals surface area (Å²) in [6, 6.07) is 47.2. The average Bonchev–Trinajstić information content (AvgIpc) is 3.88. The first-order valence-corrected chi connectivity index (χ1v) is 23.0. The molecule has 4 aliphatic rings. The van der Waals surface area contributed by atoms with Gasteiger partial charge in [0.25, 0.3) is 6.71 Å². The van der Waals surface area contributed by atoms with E-state index in [0.29, 0.717) is 0 Å². The molecule has 0 saturated heterocycles. The lowest BCUT2D eigenvalue weighted by atomic mass is 9.36. The van der Waals surface area contributed by atoms with Gasteiger partial charge in [0.05, 0.1) is 16.9 Å². The molecule has 0 bridgehead atoms. The van der Waals surface area contributed by atoms with Crippen LogP contribution in [0.4, 0.5) is 17.1 Å². The second-order valence-electron chi connectivity index (χ2n) is 20.4. The van der Waals surface area contributed by atoms with E-state index >= 15 is 0 Å². The number of fused-ring (bicyclic) bond motifs is 10. The minimum Gasteiger partial charge on any atom is -0.310 e. The number of hydrogen-bond donors (Lipinski definition) is 0. The molecule has 0 unspecified atom stereocenters. The Bertz CT molecular complexity index is 3230. The monoisotopic (exact) mass is 806 g/mol. The van der Waals surface area contributed by atoms with Crippen molar-refractivity contribution < 1.29 is 0 Å². The molecular weight excluding hydrogens is 756 g/mol. The molecule has 2 aromatic heterocycles. The van der Waals surface area contributed by atoms with E-state index in [9.17, 15) is 0 Å². The summed E-state index contributed by atoms with van der Waals surface area (Å²) >= 11 is 2.03.